The van der Waals surface area contributed by atoms with E-state index in [2.05, 4.69) is 10.6 Å². The molecule has 1 aromatic carbocycles. The summed E-state index contributed by atoms with van der Waals surface area (Å²) >= 11 is 0. The fourth-order valence-corrected chi connectivity index (χ4v) is 1.44. The Morgan fingerprint density at radius 1 is 0.952 bits per heavy atom. The summed E-state index contributed by atoms with van der Waals surface area (Å²) in [5, 5.41) is 14.1. The van der Waals surface area contributed by atoms with E-state index < -0.39 is 11.9 Å². The molecule has 1 aromatic rings. The van der Waals surface area contributed by atoms with E-state index in [1.165, 1.54) is 13.8 Å². The van der Waals surface area contributed by atoms with Crippen LogP contribution in [-0.4, -0.2) is 22.9 Å². The van der Waals surface area contributed by atoms with Crippen molar-refractivity contribution in [2.24, 2.45) is 0 Å². The monoisotopic (exact) mass is 290 g/mol. The minimum atomic E-state index is -1.12. The molecule has 0 fully saturated rings. The Morgan fingerprint density at radius 3 is 1.86 bits per heavy atom. The van der Waals surface area contributed by atoms with Gasteiger partial charge in [-0.15, -0.1) is 0 Å². The van der Waals surface area contributed by atoms with Crippen molar-refractivity contribution >= 4 is 29.2 Å². The van der Waals surface area contributed by atoms with Gasteiger partial charge >= 0.3 is 5.97 Å². The van der Waals surface area contributed by atoms with Gasteiger partial charge in [0.25, 0.3) is 5.91 Å². The number of carboxylic acids is 1. The number of rotatable bonds is 5. The third-order valence-corrected chi connectivity index (χ3v) is 2.97. The van der Waals surface area contributed by atoms with Crippen LogP contribution in [0.2, 0.25) is 0 Å². The summed E-state index contributed by atoms with van der Waals surface area (Å²) in [5.41, 5.74) is 1.30. The quantitative estimate of drug-likeness (QED) is 0.725. The summed E-state index contributed by atoms with van der Waals surface area (Å²) in [4.78, 5) is 33.9. The molecular formula is C15H18N2O4. The molecule has 0 saturated carbocycles. The molecule has 0 atom stereocenters. The zero-order valence-electron chi connectivity index (χ0n) is 12.2. The van der Waals surface area contributed by atoms with Crippen LogP contribution in [0.25, 0.3) is 0 Å². The Labute approximate surface area is 122 Å². The molecule has 112 valence electrons. The first-order valence-corrected chi connectivity index (χ1v) is 6.47. The number of anilines is 2. The summed E-state index contributed by atoms with van der Waals surface area (Å²) in [5.74, 6) is -1.69. The number of aliphatic carboxylic acids is 1. The first-order chi connectivity index (χ1) is 9.85. The van der Waals surface area contributed by atoms with Crippen LogP contribution < -0.4 is 10.6 Å². The van der Waals surface area contributed by atoms with Crippen molar-refractivity contribution in [3.05, 3.63) is 35.4 Å². The van der Waals surface area contributed by atoms with Crippen LogP contribution in [0.15, 0.2) is 35.4 Å². The van der Waals surface area contributed by atoms with E-state index in [1.807, 2.05) is 0 Å². The topological polar surface area (TPSA) is 95.5 Å². The van der Waals surface area contributed by atoms with Crippen LogP contribution in [0.1, 0.15) is 27.2 Å². The van der Waals surface area contributed by atoms with Crippen molar-refractivity contribution in [1.82, 2.24) is 0 Å². The molecule has 3 N–H and O–H groups in total. The Balaban J connectivity index is 2.76. The molecule has 0 aliphatic carbocycles. The van der Waals surface area contributed by atoms with E-state index in [1.54, 1.807) is 31.2 Å². The molecule has 0 aromatic heterocycles. The fourth-order valence-electron chi connectivity index (χ4n) is 1.44. The van der Waals surface area contributed by atoms with Gasteiger partial charge in [-0.2, -0.15) is 0 Å². The smallest absolute Gasteiger partial charge is 0.331 e. The van der Waals surface area contributed by atoms with Gasteiger partial charge < -0.3 is 15.7 Å². The Hall–Kier alpha value is -2.63. The second kappa shape index (κ2) is 7.23. The first kappa shape index (κ1) is 16.4. The number of carbonyl (C=O) groups excluding carboxylic acids is 2. The zero-order valence-corrected chi connectivity index (χ0v) is 12.2. The number of carbonyl (C=O) groups is 3. The lowest BCUT2D eigenvalue weighted by Gasteiger charge is -2.08. The van der Waals surface area contributed by atoms with Gasteiger partial charge in [0.1, 0.15) is 0 Å². The second-order valence-electron chi connectivity index (χ2n) is 4.49. The van der Waals surface area contributed by atoms with Gasteiger partial charge in [-0.05, 0) is 38.1 Å². The van der Waals surface area contributed by atoms with E-state index in [0.717, 1.165) is 0 Å². The molecule has 0 spiro atoms. The predicted molar refractivity (Wildman–Crippen MR) is 80.0 cm³/mol. The second-order valence-corrected chi connectivity index (χ2v) is 4.49. The maximum atomic E-state index is 11.9. The Morgan fingerprint density at radius 2 is 1.43 bits per heavy atom. The lowest BCUT2D eigenvalue weighted by molar-refractivity contribution is -0.133. The number of nitrogens with one attached hydrogen (secondary N) is 2. The number of hydrogen-bond donors (Lipinski definition) is 3. The molecule has 0 aliphatic rings. The van der Waals surface area contributed by atoms with Crippen molar-refractivity contribution < 1.29 is 19.5 Å². The minimum absolute atomic E-state index is 0.000621. The Kier molecular flexibility index (Phi) is 5.66. The maximum Gasteiger partial charge on any atom is 0.331 e. The van der Waals surface area contributed by atoms with Crippen LogP contribution in [0.5, 0.6) is 0 Å². The largest absolute Gasteiger partial charge is 0.478 e. The molecule has 0 unspecified atom stereocenters. The number of amides is 2. The third kappa shape index (κ3) is 4.76. The van der Waals surface area contributed by atoms with Gasteiger partial charge in [-0.25, -0.2) is 4.79 Å². The third-order valence-electron chi connectivity index (χ3n) is 2.97. The van der Waals surface area contributed by atoms with Gasteiger partial charge in [-0.3, -0.25) is 9.59 Å². The van der Waals surface area contributed by atoms with Crippen molar-refractivity contribution in [3.63, 3.8) is 0 Å². The molecule has 2 amide bonds. The van der Waals surface area contributed by atoms with E-state index >= 15 is 0 Å². The van der Waals surface area contributed by atoms with Crippen LogP contribution in [0.4, 0.5) is 11.4 Å². The average molecular weight is 290 g/mol. The van der Waals surface area contributed by atoms with Crippen LogP contribution in [0, 0.1) is 0 Å². The van der Waals surface area contributed by atoms with Gasteiger partial charge in [-0.1, -0.05) is 6.92 Å². The molecule has 6 heteroatoms. The lowest BCUT2D eigenvalue weighted by Crippen LogP contribution is -2.16. The van der Waals surface area contributed by atoms with Crippen LogP contribution >= 0.6 is 0 Å². The van der Waals surface area contributed by atoms with E-state index in [-0.39, 0.29) is 17.1 Å². The molecule has 0 radical (unpaired) electrons. The number of carboxylic acid groups (broad SMARTS) is 1. The fraction of sp³-hybridized carbons (Fsp3) is 0.267. The van der Waals surface area contributed by atoms with Crippen molar-refractivity contribution in [3.8, 4) is 0 Å². The van der Waals surface area contributed by atoms with E-state index in [4.69, 9.17) is 5.11 Å². The van der Waals surface area contributed by atoms with Crippen molar-refractivity contribution in [2.45, 2.75) is 27.2 Å². The summed E-state index contributed by atoms with van der Waals surface area (Å²) in [6.45, 7) is 4.58. The van der Waals surface area contributed by atoms with E-state index in [0.29, 0.717) is 17.8 Å². The summed E-state index contributed by atoms with van der Waals surface area (Å²) < 4.78 is 0. The van der Waals surface area contributed by atoms with E-state index in [9.17, 15) is 14.4 Å². The average Bonchev–Trinajstić information content (AvgIpc) is 2.47. The van der Waals surface area contributed by atoms with Crippen molar-refractivity contribution in [2.75, 3.05) is 10.6 Å². The molecular weight excluding hydrogens is 272 g/mol. The van der Waals surface area contributed by atoms with Crippen LogP contribution in [-0.2, 0) is 14.4 Å². The highest BCUT2D eigenvalue weighted by molar-refractivity contribution is 6.08. The number of hydrogen-bond acceptors (Lipinski definition) is 3. The molecule has 0 heterocycles. The van der Waals surface area contributed by atoms with Gasteiger partial charge in [0.05, 0.1) is 0 Å². The molecule has 0 bridgehead atoms. The highest BCUT2D eigenvalue weighted by atomic mass is 16.4. The minimum Gasteiger partial charge on any atom is -0.478 e. The summed E-state index contributed by atoms with van der Waals surface area (Å²) in [7, 11) is 0. The first-order valence-electron chi connectivity index (χ1n) is 6.47. The molecule has 6 nitrogen and oxygen atoms in total. The SMILES string of the molecule is CCC(=O)Nc1ccc(NC(=O)/C(C)=C(/C)C(=O)O)cc1. The summed E-state index contributed by atoms with van der Waals surface area (Å²) in [6, 6.07) is 6.58. The lowest BCUT2D eigenvalue weighted by atomic mass is 10.1. The highest BCUT2D eigenvalue weighted by Crippen LogP contribution is 2.15. The van der Waals surface area contributed by atoms with Gasteiger partial charge in [0.15, 0.2) is 0 Å². The molecule has 1 rings (SSSR count). The number of benzene rings is 1. The maximum absolute atomic E-state index is 11.9. The highest BCUT2D eigenvalue weighted by Gasteiger charge is 2.12. The summed E-state index contributed by atoms with van der Waals surface area (Å²) in [6.07, 6.45) is 0.386. The predicted octanol–water partition coefficient (Wildman–Crippen LogP) is 2.39. The molecule has 0 aliphatic heterocycles. The van der Waals surface area contributed by atoms with Gasteiger partial charge in [0.2, 0.25) is 5.91 Å². The standard InChI is InChI=1S/C15H18N2O4/c1-4-13(18)16-11-5-7-12(8-6-11)17-14(19)9(2)10(3)15(20)21/h5-8H,4H2,1-3H3,(H,16,18)(H,17,19)(H,20,21)/b10-9-. The van der Waals surface area contributed by atoms with Crippen LogP contribution in [0.3, 0.4) is 0 Å². The Bertz CT molecular complexity index is 588. The van der Waals surface area contributed by atoms with Crippen molar-refractivity contribution in [1.29, 1.82) is 0 Å². The molecule has 21 heavy (non-hydrogen) atoms. The zero-order chi connectivity index (χ0) is 16.0. The van der Waals surface area contributed by atoms with Gasteiger partial charge in [0, 0.05) is 28.9 Å². The normalized spacial score (nSPS) is 11.4. The molecule has 0 saturated heterocycles.